The van der Waals surface area contributed by atoms with E-state index in [0.29, 0.717) is 6.42 Å². The number of pyridine rings is 1. The number of rotatable bonds is 3. The summed E-state index contributed by atoms with van der Waals surface area (Å²) in [6.45, 7) is 1.63. The fraction of sp³-hybridized carbons (Fsp3) is 0.538. The summed E-state index contributed by atoms with van der Waals surface area (Å²) in [5.41, 5.74) is 1.07. The van der Waals surface area contributed by atoms with E-state index < -0.39 is 0 Å². The number of nitrogens with zero attached hydrogens (tertiary/aromatic N) is 2. The van der Waals surface area contributed by atoms with Gasteiger partial charge in [0.15, 0.2) is 0 Å². The summed E-state index contributed by atoms with van der Waals surface area (Å²) in [6, 6.07) is 4.01. The van der Waals surface area contributed by atoms with Gasteiger partial charge in [-0.3, -0.25) is 9.78 Å². The third kappa shape index (κ3) is 2.31. The molecular weight excluding hydrogens is 214 g/mol. The Morgan fingerprint density at radius 3 is 3.00 bits per heavy atom. The SMILES string of the molecule is CNCC1(c2cccnc2)CCN(C)C(=O)C1. The lowest BCUT2D eigenvalue weighted by Crippen LogP contribution is -2.49. The maximum Gasteiger partial charge on any atom is 0.223 e. The van der Waals surface area contributed by atoms with E-state index in [1.807, 2.05) is 31.3 Å². The van der Waals surface area contributed by atoms with Gasteiger partial charge in [0, 0.05) is 44.4 Å². The van der Waals surface area contributed by atoms with Crippen molar-refractivity contribution in [2.75, 3.05) is 27.2 Å². The maximum absolute atomic E-state index is 11.9. The van der Waals surface area contributed by atoms with Gasteiger partial charge in [-0.1, -0.05) is 6.07 Å². The van der Waals surface area contributed by atoms with Gasteiger partial charge in [0.2, 0.25) is 5.91 Å². The lowest BCUT2D eigenvalue weighted by atomic mass is 9.73. The third-order valence-electron chi connectivity index (χ3n) is 3.63. The molecule has 92 valence electrons. The van der Waals surface area contributed by atoms with Gasteiger partial charge in [0.1, 0.15) is 0 Å². The van der Waals surface area contributed by atoms with Crippen molar-refractivity contribution in [3.63, 3.8) is 0 Å². The average Bonchev–Trinajstić information content (AvgIpc) is 2.35. The lowest BCUT2D eigenvalue weighted by molar-refractivity contribution is -0.134. The van der Waals surface area contributed by atoms with Crippen molar-refractivity contribution in [3.05, 3.63) is 30.1 Å². The Hall–Kier alpha value is -1.42. The Bertz CT molecular complexity index is 393. The minimum Gasteiger partial charge on any atom is -0.346 e. The van der Waals surface area contributed by atoms with Crippen molar-refractivity contribution in [1.82, 2.24) is 15.2 Å². The number of nitrogens with one attached hydrogen (secondary N) is 1. The van der Waals surface area contributed by atoms with Crippen LogP contribution in [-0.4, -0.2) is 43.0 Å². The number of hydrogen-bond acceptors (Lipinski definition) is 3. The number of aromatic nitrogens is 1. The first-order valence-corrected chi connectivity index (χ1v) is 5.97. The predicted octanol–water partition coefficient (Wildman–Crippen LogP) is 0.791. The molecule has 0 spiro atoms. The van der Waals surface area contributed by atoms with E-state index in [2.05, 4.69) is 16.4 Å². The summed E-state index contributed by atoms with van der Waals surface area (Å²) in [6.07, 6.45) is 5.21. The zero-order valence-corrected chi connectivity index (χ0v) is 10.4. The predicted molar refractivity (Wildman–Crippen MR) is 66.7 cm³/mol. The lowest BCUT2D eigenvalue weighted by Gasteiger charge is -2.40. The Labute approximate surface area is 102 Å². The average molecular weight is 233 g/mol. The van der Waals surface area contributed by atoms with E-state index in [4.69, 9.17) is 0 Å². The van der Waals surface area contributed by atoms with E-state index in [1.165, 1.54) is 0 Å². The molecule has 1 atom stereocenters. The molecule has 2 heterocycles. The minimum atomic E-state index is -0.0907. The first-order valence-electron chi connectivity index (χ1n) is 5.97. The number of hydrogen-bond donors (Lipinski definition) is 1. The normalized spacial score (nSPS) is 25.1. The second kappa shape index (κ2) is 4.84. The molecule has 0 aliphatic carbocycles. The molecule has 1 N–H and O–H groups in total. The van der Waals surface area contributed by atoms with Gasteiger partial charge >= 0.3 is 0 Å². The largest absolute Gasteiger partial charge is 0.346 e. The van der Waals surface area contributed by atoms with Gasteiger partial charge in [-0.05, 0) is 25.1 Å². The van der Waals surface area contributed by atoms with Gasteiger partial charge in [-0.25, -0.2) is 0 Å². The Morgan fingerprint density at radius 1 is 1.59 bits per heavy atom. The van der Waals surface area contributed by atoms with Crippen molar-refractivity contribution in [2.45, 2.75) is 18.3 Å². The maximum atomic E-state index is 11.9. The van der Waals surface area contributed by atoms with Gasteiger partial charge < -0.3 is 10.2 Å². The Morgan fingerprint density at radius 2 is 2.41 bits per heavy atom. The van der Waals surface area contributed by atoms with Crippen LogP contribution >= 0.6 is 0 Å². The summed E-state index contributed by atoms with van der Waals surface area (Å²) in [5, 5.41) is 3.21. The summed E-state index contributed by atoms with van der Waals surface area (Å²) in [7, 11) is 3.80. The molecular formula is C13H19N3O. The van der Waals surface area contributed by atoms with Gasteiger partial charge in [-0.15, -0.1) is 0 Å². The summed E-state index contributed by atoms with van der Waals surface area (Å²) in [5.74, 6) is 0.218. The molecule has 1 aliphatic rings. The fourth-order valence-corrected chi connectivity index (χ4v) is 2.53. The molecule has 1 saturated heterocycles. The van der Waals surface area contributed by atoms with Crippen LogP contribution in [-0.2, 0) is 10.2 Å². The quantitative estimate of drug-likeness (QED) is 0.839. The van der Waals surface area contributed by atoms with Crippen LogP contribution in [0.25, 0.3) is 0 Å². The van der Waals surface area contributed by atoms with E-state index in [0.717, 1.165) is 25.1 Å². The van der Waals surface area contributed by atoms with E-state index in [9.17, 15) is 4.79 Å². The molecule has 1 aromatic rings. The molecule has 2 rings (SSSR count). The van der Waals surface area contributed by atoms with E-state index in [1.54, 1.807) is 6.20 Å². The molecule has 0 saturated carbocycles. The van der Waals surface area contributed by atoms with Crippen molar-refractivity contribution in [1.29, 1.82) is 0 Å². The molecule has 1 fully saturated rings. The molecule has 4 nitrogen and oxygen atoms in total. The summed E-state index contributed by atoms with van der Waals surface area (Å²) < 4.78 is 0. The standard InChI is InChI=1S/C13H19N3O/c1-14-10-13(11-4-3-6-15-9-11)5-7-16(2)12(17)8-13/h3-4,6,9,14H,5,7-8,10H2,1-2H3. The molecule has 0 bridgehead atoms. The first kappa shape index (κ1) is 12.0. The molecule has 1 amide bonds. The number of carbonyl (C=O) groups excluding carboxylic acids is 1. The van der Waals surface area contributed by atoms with E-state index >= 15 is 0 Å². The van der Waals surface area contributed by atoms with Crippen LogP contribution in [0, 0.1) is 0 Å². The van der Waals surface area contributed by atoms with Crippen molar-refractivity contribution < 1.29 is 4.79 Å². The van der Waals surface area contributed by atoms with Gasteiger partial charge in [0.05, 0.1) is 0 Å². The summed E-state index contributed by atoms with van der Waals surface area (Å²) >= 11 is 0. The van der Waals surface area contributed by atoms with Crippen LogP contribution < -0.4 is 5.32 Å². The Kier molecular flexibility index (Phi) is 3.43. The van der Waals surface area contributed by atoms with E-state index in [-0.39, 0.29) is 11.3 Å². The highest BCUT2D eigenvalue weighted by Crippen LogP contribution is 2.34. The molecule has 0 radical (unpaired) electrons. The van der Waals surface area contributed by atoms with Crippen LogP contribution in [0.2, 0.25) is 0 Å². The second-order valence-electron chi connectivity index (χ2n) is 4.79. The topological polar surface area (TPSA) is 45.2 Å². The summed E-state index contributed by atoms with van der Waals surface area (Å²) in [4.78, 5) is 17.9. The fourth-order valence-electron chi connectivity index (χ4n) is 2.53. The molecule has 1 aliphatic heterocycles. The molecule has 4 heteroatoms. The van der Waals surface area contributed by atoms with Crippen molar-refractivity contribution in [3.8, 4) is 0 Å². The third-order valence-corrected chi connectivity index (χ3v) is 3.63. The van der Waals surface area contributed by atoms with Crippen LogP contribution in [0.4, 0.5) is 0 Å². The number of carbonyl (C=O) groups is 1. The van der Waals surface area contributed by atoms with Crippen LogP contribution in [0.15, 0.2) is 24.5 Å². The van der Waals surface area contributed by atoms with Crippen LogP contribution in [0.1, 0.15) is 18.4 Å². The molecule has 1 aromatic heterocycles. The highest BCUT2D eigenvalue weighted by atomic mass is 16.2. The molecule has 0 aromatic carbocycles. The zero-order valence-electron chi connectivity index (χ0n) is 10.4. The number of likely N-dealkylation sites (tertiary alicyclic amines) is 1. The smallest absolute Gasteiger partial charge is 0.223 e. The second-order valence-corrected chi connectivity index (χ2v) is 4.79. The number of amides is 1. The first-order chi connectivity index (χ1) is 8.18. The van der Waals surface area contributed by atoms with Gasteiger partial charge in [0.25, 0.3) is 0 Å². The Balaban J connectivity index is 2.30. The molecule has 17 heavy (non-hydrogen) atoms. The number of piperidine rings is 1. The van der Waals surface area contributed by atoms with Crippen molar-refractivity contribution >= 4 is 5.91 Å². The minimum absolute atomic E-state index is 0.0907. The zero-order chi connectivity index (χ0) is 12.3. The molecule has 1 unspecified atom stereocenters. The van der Waals surface area contributed by atoms with Crippen molar-refractivity contribution in [2.24, 2.45) is 0 Å². The monoisotopic (exact) mass is 233 g/mol. The van der Waals surface area contributed by atoms with Crippen LogP contribution in [0.5, 0.6) is 0 Å². The van der Waals surface area contributed by atoms with Gasteiger partial charge in [-0.2, -0.15) is 0 Å². The highest BCUT2D eigenvalue weighted by molar-refractivity contribution is 5.78. The number of likely N-dealkylation sites (N-methyl/N-ethyl adjacent to an activating group) is 1. The van der Waals surface area contributed by atoms with Crippen LogP contribution in [0.3, 0.4) is 0 Å². The highest BCUT2D eigenvalue weighted by Gasteiger charge is 2.38.